The molecule has 1 aromatic heterocycles. The number of hydrogen-bond donors (Lipinski definition) is 1. The van der Waals surface area contributed by atoms with Gasteiger partial charge in [0.25, 0.3) is 0 Å². The Morgan fingerprint density at radius 3 is 2.18 bits per heavy atom. The van der Waals surface area contributed by atoms with Crippen molar-refractivity contribution in [3.8, 4) is 6.01 Å². The first-order valence-electron chi connectivity index (χ1n) is 6.45. The lowest BCUT2D eigenvalue weighted by molar-refractivity contribution is 0.378. The lowest BCUT2D eigenvalue weighted by Gasteiger charge is -2.13. The summed E-state index contributed by atoms with van der Waals surface area (Å²) in [4.78, 5) is 8.16. The van der Waals surface area contributed by atoms with Crippen LogP contribution in [-0.2, 0) is 15.8 Å². The van der Waals surface area contributed by atoms with Crippen LogP contribution in [0.3, 0.4) is 0 Å². The third kappa shape index (κ3) is 4.08. The predicted molar refractivity (Wildman–Crippen MR) is 85.8 cm³/mol. The molecule has 0 aliphatic rings. The molecule has 0 spiro atoms. The summed E-state index contributed by atoms with van der Waals surface area (Å²) >= 11 is 5.79. The second-order valence-electron chi connectivity index (χ2n) is 4.74. The van der Waals surface area contributed by atoms with Gasteiger partial charge in [-0.1, -0.05) is 23.7 Å². The summed E-state index contributed by atoms with van der Waals surface area (Å²) in [7, 11) is -2.12. The Kier molecular flexibility index (Phi) is 4.87. The van der Waals surface area contributed by atoms with E-state index in [2.05, 4.69) is 14.7 Å². The second-order valence-corrected chi connectivity index (χ2v) is 6.90. The average Bonchev–Trinajstić information content (AvgIpc) is 2.45. The van der Waals surface area contributed by atoms with Gasteiger partial charge in [-0.2, -0.15) is 9.97 Å². The molecule has 0 radical (unpaired) electrons. The van der Waals surface area contributed by atoms with E-state index in [4.69, 9.17) is 16.3 Å². The zero-order chi connectivity index (χ0) is 16.3. The van der Waals surface area contributed by atoms with Crippen LogP contribution in [0.4, 0.5) is 5.69 Å². The van der Waals surface area contributed by atoms with Crippen LogP contribution in [0.15, 0.2) is 24.3 Å². The molecule has 0 fully saturated rings. The molecular weight excluding hydrogens is 326 g/mol. The maximum Gasteiger partial charge on any atom is 0.316 e. The molecule has 2 aromatic rings. The van der Waals surface area contributed by atoms with Crippen LogP contribution < -0.4 is 9.46 Å². The highest BCUT2D eigenvalue weighted by Crippen LogP contribution is 2.22. The number of rotatable bonds is 5. The molecule has 2 rings (SSSR count). The first kappa shape index (κ1) is 16.5. The summed E-state index contributed by atoms with van der Waals surface area (Å²) in [6, 6.07) is 6.85. The summed E-state index contributed by atoms with van der Waals surface area (Å²) in [6.45, 7) is 3.38. The number of sulfonamides is 1. The molecule has 0 amide bonds. The summed E-state index contributed by atoms with van der Waals surface area (Å²) < 4.78 is 32.0. The van der Waals surface area contributed by atoms with Crippen molar-refractivity contribution in [1.29, 1.82) is 0 Å². The third-order valence-electron chi connectivity index (χ3n) is 2.96. The van der Waals surface area contributed by atoms with E-state index in [9.17, 15) is 8.42 Å². The molecular formula is C14H16ClN3O3S. The minimum atomic E-state index is -3.58. The first-order valence-corrected chi connectivity index (χ1v) is 8.48. The standard InChI is InChI=1S/C14H16ClN3O3S/c1-9-13(10(2)17-14(16-9)21-3)18-22(19,20)8-11-4-6-12(15)7-5-11/h4-7,18H,8H2,1-3H3. The molecule has 0 aliphatic heterocycles. The molecule has 0 bridgehead atoms. The van der Waals surface area contributed by atoms with Crippen molar-refractivity contribution < 1.29 is 13.2 Å². The van der Waals surface area contributed by atoms with Gasteiger partial charge in [-0.05, 0) is 31.5 Å². The SMILES string of the molecule is COc1nc(C)c(NS(=O)(=O)Cc2ccc(Cl)cc2)c(C)n1. The second kappa shape index (κ2) is 6.50. The number of methoxy groups -OCH3 is 1. The molecule has 1 heterocycles. The van der Waals surface area contributed by atoms with Crippen LogP contribution in [0.25, 0.3) is 0 Å². The molecule has 1 aromatic carbocycles. The minimum absolute atomic E-state index is 0.158. The van der Waals surface area contributed by atoms with Gasteiger partial charge in [0.15, 0.2) is 0 Å². The van der Waals surface area contributed by atoms with Gasteiger partial charge in [0, 0.05) is 5.02 Å². The third-order valence-corrected chi connectivity index (χ3v) is 4.44. The lowest BCUT2D eigenvalue weighted by Crippen LogP contribution is -2.17. The van der Waals surface area contributed by atoms with Crippen molar-refractivity contribution in [3.63, 3.8) is 0 Å². The zero-order valence-electron chi connectivity index (χ0n) is 12.4. The van der Waals surface area contributed by atoms with E-state index in [1.165, 1.54) is 7.11 Å². The van der Waals surface area contributed by atoms with E-state index in [1.54, 1.807) is 38.1 Å². The van der Waals surface area contributed by atoms with Crippen molar-refractivity contribution in [3.05, 3.63) is 46.2 Å². The van der Waals surface area contributed by atoms with E-state index in [1.807, 2.05) is 0 Å². The highest BCUT2D eigenvalue weighted by Gasteiger charge is 2.17. The lowest BCUT2D eigenvalue weighted by atomic mass is 10.2. The van der Waals surface area contributed by atoms with Gasteiger partial charge >= 0.3 is 6.01 Å². The number of nitrogens with one attached hydrogen (secondary N) is 1. The van der Waals surface area contributed by atoms with Crippen molar-refractivity contribution in [2.45, 2.75) is 19.6 Å². The Bertz CT molecular complexity index is 753. The molecule has 0 aliphatic carbocycles. The number of halogens is 1. The van der Waals surface area contributed by atoms with Gasteiger partial charge in [0.05, 0.1) is 29.9 Å². The number of aromatic nitrogens is 2. The van der Waals surface area contributed by atoms with Crippen molar-refractivity contribution >= 4 is 27.3 Å². The first-order chi connectivity index (χ1) is 10.3. The van der Waals surface area contributed by atoms with E-state index in [0.29, 0.717) is 27.7 Å². The maximum absolute atomic E-state index is 12.3. The maximum atomic E-state index is 12.3. The Morgan fingerprint density at radius 2 is 1.68 bits per heavy atom. The van der Waals surface area contributed by atoms with Gasteiger partial charge < -0.3 is 4.74 Å². The fraction of sp³-hybridized carbons (Fsp3) is 0.286. The number of hydrogen-bond acceptors (Lipinski definition) is 5. The number of nitrogens with zero attached hydrogens (tertiary/aromatic N) is 2. The van der Waals surface area contributed by atoms with Crippen LogP contribution in [0.2, 0.25) is 5.02 Å². The van der Waals surface area contributed by atoms with Crippen molar-refractivity contribution in [2.24, 2.45) is 0 Å². The van der Waals surface area contributed by atoms with Gasteiger partial charge in [0.2, 0.25) is 10.0 Å². The summed E-state index contributed by atoms with van der Waals surface area (Å²) in [5.41, 5.74) is 2.02. The minimum Gasteiger partial charge on any atom is -0.467 e. The van der Waals surface area contributed by atoms with Gasteiger partial charge in [0.1, 0.15) is 0 Å². The number of aryl methyl sites for hydroxylation is 2. The van der Waals surface area contributed by atoms with Crippen LogP contribution in [0.1, 0.15) is 17.0 Å². The summed E-state index contributed by atoms with van der Waals surface area (Å²) in [6.07, 6.45) is 0. The van der Waals surface area contributed by atoms with Crippen molar-refractivity contribution in [1.82, 2.24) is 9.97 Å². The number of anilines is 1. The molecule has 8 heteroatoms. The van der Waals surface area contributed by atoms with Crippen LogP contribution in [0.5, 0.6) is 6.01 Å². The number of benzene rings is 1. The molecule has 118 valence electrons. The fourth-order valence-electron chi connectivity index (χ4n) is 1.92. The quantitative estimate of drug-likeness (QED) is 0.904. The normalized spacial score (nSPS) is 11.3. The van der Waals surface area contributed by atoms with E-state index in [0.717, 1.165) is 0 Å². The Hall–Kier alpha value is -1.86. The van der Waals surface area contributed by atoms with E-state index >= 15 is 0 Å². The van der Waals surface area contributed by atoms with Crippen LogP contribution in [-0.4, -0.2) is 25.5 Å². The van der Waals surface area contributed by atoms with Gasteiger partial charge in [-0.15, -0.1) is 0 Å². The number of ether oxygens (including phenoxy) is 1. The molecule has 0 saturated carbocycles. The highest BCUT2D eigenvalue weighted by atomic mass is 35.5. The summed E-state index contributed by atoms with van der Waals surface area (Å²) in [5, 5.41) is 0.560. The molecule has 0 saturated heterocycles. The van der Waals surface area contributed by atoms with E-state index < -0.39 is 10.0 Å². The molecule has 22 heavy (non-hydrogen) atoms. The van der Waals surface area contributed by atoms with Crippen LogP contribution in [0, 0.1) is 13.8 Å². The Morgan fingerprint density at radius 1 is 1.14 bits per heavy atom. The Balaban J connectivity index is 2.23. The molecule has 0 unspecified atom stereocenters. The van der Waals surface area contributed by atoms with E-state index in [-0.39, 0.29) is 11.8 Å². The molecule has 1 N–H and O–H groups in total. The molecule has 0 atom stereocenters. The van der Waals surface area contributed by atoms with Gasteiger partial charge in [-0.25, -0.2) is 8.42 Å². The largest absolute Gasteiger partial charge is 0.467 e. The zero-order valence-corrected chi connectivity index (χ0v) is 14.0. The van der Waals surface area contributed by atoms with Gasteiger partial charge in [-0.3, -0.25) is 4.72 Å². The fourth-order valence-corrected chi connectivity index (χ4v) is 3.35. The average molecular weight is 342 g/mol. The smallest absolute Gasteiger partial charge is 0.316 e. The summed E-state index contributed by atoms with van der Waals surface area (Å²) in [5.74, 6) is -0.158. The van der Waals surface area contributed by atoms with Crippen molar-refractivity contribution in [2.75, 3.05) is 11.8 Å². The monoisotopic (exact) mass is 341 g/mol. The predicted octanol–water partition coefficient (Wildman–Crippen LogP) is 2.70. The topological polar surface area (TPSA) is 81.2 Å². The highest BCUT2D eigenvalue weighted by molar-refractivity contribution is 7.91. The molecule has 6 nitrogen and oxygen atoms in total. The van der Waals surface area contributed by atoms with Crippen LogP contribution >= 0.6 is 11.6 Å². The Labute approximate surface area is 134 Å².